The second kappa shape index (κ2) is 2.89. The summed E-state index contributed by atoms with van der Waals surface area (Å²) in [7, 11) is 0. The fourth-order valence-electron chi connectivity index (χ4n) is 0.693. The van der Waals surface area contributed by atoms with E-state index in [4.69, 9.17) is 11.6 Å². The van der Waals surface area contributed by atoms with Gasteiger partial charge in [0.15, 0.2) is 0 Å². The molecule has 0 fully saturated rings. The highest BCUT2D eigenvalue weighted by Crippen LogP contribution is 2.24. The molecule has 10 heavy (non-hydrogen) atoms. The van der Waals surface area contributed by atoms with Gasteiger partial charge in [0.05, 0.1) is 5.02 Å². The summed E-state index contributed by atoms with van der Waals surface area (Å²) in [5, 5.41) is 0.793. The van der Waals surface area contributed by atoms with Gasteiger partial charge in [-0.25, -0.2) is 4.98 Å². The lowest BCUT2D eigenvalue weighted by atomic mass is 10.2. The summed E-state index contributed by atoms with van der Waals surface area (Å²) in [5.41, 5.74) is 2.02. The van der Waals surface area contributed by atoms with Gasteiger partial charge in [-0.05, 0) is 35.3 Å². The molecule has 0 aliphatic rings. The molecule has 0 bridgehead atoms. The minimum Gasteiger partial charge on any atom is -0.249 e. The Morgan fingerprint density at radius 2 is 2.10 bits per heavy atom. The van der Waals surface area contributed by atoms with E-state index >= 15 is 0 Å². The molecule has 3 heteroatoms. The van der Waals surface area contributed by atoms with Crippen molar-refractivity contribution in [2.75, 3.05) is 0 Å². The number of rotatable bonds is 0. The van der Waals surface area contributed by atoms with E-state index < -0.39 is 0 Å². The highest BCUT2D eigenvalue weighted by atomic mass is 79.9. The maximum absolute atomic E-state index is 5.91. The third kappa shape index (κ3) is 1.32. The lowest BCUT2D eigenvalue weighted by Crippen LogP contribution is -1.85. The van der Waals surface area contributed by atoms with Gasteiger partial charge in [-0.2, -0.15) is 0 Å². The van der Waals surface area contributed by atoms with Gasteiger partial charge < -0.3 is 0 Å². The molecule has 0 aliphatic heterocycles. The van der Waals surface area contributed by atoms with E-state index in [1.807, 2.05) is 13.8 Å². The van der Waals surface area contributed by atoms with Gasteiger partial charge in [0.25, 0.3) is 0 Å². The Morgan fingerprint density at radius 1 is 1.50 bits per heavy atom. The van der Waals surface area contributed by atoms with Crippen LogP contribution in [0.5, 0.6) is 0 Å². The summed E-state index contributed by atoms with van der Waals surface area (Å²) in [5.74, 6) is 0. The smallest absolute Gasteiger partial charge is 0.110 e. The first-order valence-electron chi connectivity index (χ1n) is 2.90. The molecule has 1 aromatic rings. The fourth-order valence-corrected chi connectivity index (χ4v) is 1.25. The van der Waals surface area contributed by atoms with Crippen LogP contribution < -0.4 is 0 Å². The molecule has 1 rings (SSSR count). The molecule has 1 aromatic heterocycles. The number of hydrogen-bond acceptors (Lipinski definition) is 1. The quantitative estimate of drug-likeness (QED) is 0.612. The van der Waals surface area contributed by atoms with Gasteiger partial charge in [-0.3, -0.25) is 0 Å². The van der Waals surface area contributed by atoms with Crippen LogP contribution >= 0.6 is 27.5 Å². The molecule has 0 aliphatic carbocycles. The van der Waals surface area contributed by atoms with Gasteiger partial charge in [-0.1, -0.05) is 11.6 Å². The molecule has 1 heterocycles. The first-order valence-corrected chi connectivity index (χ1v) is 4.07. The molecule has 54 valence electrons. The summed E-state index contributed by atoms with van der Waals surface area (Å²) >= 11 is 9.20. The molecule has 0 aromatic carbocycles. The number of pyridine rings is 1. The lowest BCUT2D eigenvalue weighted by Gasteiger charge is -2.01. The standard InChI is InChI=1S/C7H7BrClN/c1-4-3-10-7(8)5(2)6(4)9/h3H,1-2H3. The minimum atomic E-state index is 0.793. The Labute approximate surface area is 73.6 Å². The topological polar surface area (TPSA) is 12.9 Å². The van der Waals surface area contributed by atoms with Crippen LogP contribution in [0, 0.1) is 13.8 Å². The molecule has 0 N–H and O–H groups in total. The van der Waals surface area contributed by atoms with E-state index in [-0.39, 0.29) is 0 Å². The van der Waals surface area contributed by atoms with Crippen LogP contribution in [0.25, 0.3) is 0 Å². The maximum Gasteiger partial charge on any atom is 0.110 e. The van der Waals surface area contributed by atoms with Crippen molar-refractivity contribution in [3.8, 4) is 0 Å². The average molecular weight is 220 g/mol. The van der Waals surface area contributed by atoms with E-state index in [1.165, 1.54) is 0 Å². The van der Waals surface area contributed by atoms with Crippen molar-refractivity contribution in [2.24, 2.45) is 0 Å². The van der Waals surface area contributed by atoms with Crippen molar-refractivity contribution in [3.05, 3.63) is 26.9 Å². The first-order chi connectivity index (χ1) is 4.63. The van der Waals surface area contributed by atoms with Crippen molar-refractivity contribution < 1.29 is 0 Å². The molecule has 0 unspecified atom stereocenters. The van der Waals surface area contributed by atoms with Crippen molar-refractivity contribution in [2.45, 2.75) is 13.8 Å². The molecule has 0 radical (unpaired) electrons. The normalized spacial score (nSPS) is 10.0. The predicted octanol–water partition coefficient (Wildman–Crippen LogP) is 3.11. The highest BCUT2D eigenvalue weighted by Gasteiger charge is 2.02. The summed E-state index contributed by atoms with van der Waals surface area (Å²) in [4.78, 5) is 4.07. The van der Waals surface area contributed by atoms with Crippen LogP contribution in [-0.2, 0) is 0 Å². The van der Waals surface area contributed by atoms with Gasteiger partial charge in [0, 0.05) is 11.8 Å². The molecule has 0 amide bonds. The van der Waals surface area contributed by atoms with Crippen LogP contribution in [0.15, 0.2) is 10.8 Å². The molecular weight excluding hydrogens is 213 g/mol. The summed E-state index contributed by atoms with van der Waals surface area (Å²) in [6.07, 6.45) is 1.75. The van der Waals surface area contributed by atoms with Gasteiger partial charge in [-0.15, -0.1) is 0 Å². The van der Waals surface area contributed by atoms with Gasteiger partial charge in [0.1, 0.15) is 4.60 Å². The molecular formula is C7H7BrClN. The monoisotopic (exact) mass is 219 g/mol. The molecule has 0 saturated heterocycles. The summed E-state index contributed by atoms with van der Waals surface area (Å²) < 4.78 is 0.822. The van der Waals surface area contributed by atoms with Gasteiger partial charge >= 0.3 is 0 Å². The van der Waals surface area contributed by atoms with Crippen molar-refractivity contribution in [1.29, 1.82) is 0 Å². The number of hydrogen-bond donors (Lipinski definition) is 0. The van der Waals surface area contributed by atoms with Crippen molar-refractivity contribution in [3.63, 3.8) is 0 Å². The Balaban J connectivity index is 3.34. The summed E-state index contributed by atoms with van der Waals surface area (Å²) in [6, 6.07) is 0. The Hall–Kier alpha value is -0.0800. The van der Waals surface area contributed by atoms with Crippen LogP contribution in [0.2, 0.25) is 5.02 Å². The van der Waals surface area contributed by atoms with Crippen LogP contribution in [0.1, 0.15) is 11.1 Å². The van der Waals surface area contributed by atoms with Crippen LogP contribution in [-0.4, -0.2) is 4.98 Å². The van der Waals surface area contributed by atoms with E-state index in [9.17, 15) is 0 Å². The Bertz CT molecular complexity index is 233. The third-order valence-electron chi connectivity index (χ3n) is 1.36. The van der Waals surface area contributed by atoms with Crippen molar-refractivity contribution >= 4 is 27.5 Å². The number of nitrogens with zero attached hydrogens (tertiary/aromatic N) is 1. The zero-order valence-electron chi connectivity index (χ0n) is 5.78. The Morgan fingerprint density at radius 3 is 2.60 bits per heavy atom. The minimum absolute atomic E-state index is 0.793. The molecule has 0 spiro atoms. The SMILES string of the molecule is Cc1cnc(Br)c(C)c1Cl. The Kier molecular flexibility index (Phi) is 2.32. The average Bonchev–Trinajstić information content (AvgIpc) is 1.93. The fraction of sp³-hybridized carbons (Fsp3) is 0.286. The second-order valence-corrected chi connectivity index (χ2v) is 3.30. The lowest BCUT2D eigenvalue weighted by molar-refractivity contribution is 1.18. The van der Waals surface area contributed by atoms with Crippen LogP contribution in [0.3, 0.4) is 0 Å². The molecule has 0 saturated carbocycles. The summed E-state index contributed by atoms with van der Waals surface area (Å²) in [6.45, 7) is 3.88. The zero-order chi connectivity index (χ0) is 7.72. The van der Waals surface area contributed by atoms with E-state index in [1.54, 1.807) is 6.20 Å². The van der Waals surface area contributed by atoms with E-state index in [0.29, 0.717) is 0 Å². The van der Waals surface area contributed by atoms with E-state index in [2.05, 4.69) is 20.9 Å². The number of aryl methyl sites for hydroxylation is 1. The largest absolute Gasteiger partial charge is 0.249 e. The number of aromatic nitrogens is 1. The second-order valence-electron chi connectivity index (χ2n) is 2.17. The maximum atomic E-state index is 5.91. The number of halogens is 2. The van der Waals surface area contributed by atoms with Gasteiger partial charge in [0.2, 0.25) is 0 Å². The highest BCUT2D eigenvalue weighted by molar-refractivity contribution is 9.10. The predicted molar refractivity (Wildman–Crippen MR) is 46.4 cm³/mol. The zero-order valence-corrected chi connectivity index (χ0v) is 8.12. The first kappa shape index (κ1) is 8.02. The van der Waals surface area contributed by atoms with E-state index in [0.717, 1.165) is 20.8 Å². The molecule has 1 nitrogen and oxygen atoms in total. The third-order valence-corrected chi connectivity index (χ3v) is 2.74. The van der Waals surface area contributed by atoms with Crippen LogP contribution in [0.4, 0.5) is 0 Å². The molecule has 0 atom stereocenters. The van der Waals surface area contributed by atoms with Crippen molar-refractivity contribution in [1.82, 2.24) is 4.98 Å².